The zero-order valence-electron chi connectivity index (χ0n) is 18.8. The van der Waals surface area contributed by atoms with Gasteiger partial charge in [0.2, 0.25) is 15.8 Å². The van der Waals surface area contributed by atoms with Gasteiger partial charge in [0.1, 0.15) is 11.4 Å². The number of hydrogen-bond donors (Lipinski definition) is 1. The maximum atomic E-state index is 14.6. The smallest absolute Gasteiger partial charge is 0.372 e. The maximum Gasteiger partial charge on any atom is 0.372 e. The molecule has 1 heterocycles. The molecule has 0 aliphatic heterocycles. The third-order valence-electron chi connectivity index (χ3n) is 5.79. The van der Waals surface area contributed by atoms with E-state index in [2.05, 4.69) is 0 Å². The van der Waals surface area contributed by atoms with Gasteiger partial charge in [-0.2, -0.15) is 4.31 Å². The lowest BCUT2D eigenvalue weighted by Gasteiger charge is -2.23. The second-order valence-corrected chi connectivity index (χ2v) is 10.1. The highest BCUT2D eigenvalue weighted by molar-refractivity contribution is 7.89. The lowest BCUT2D eigenvalue weighted by molar-refractivity contribution is 0.0664. The van der Waals surface area contributed by atoms with Crippen LogP contribution in [0.4, 0.5) is 4.39 Å². The van der Waals surface area contributed by atoms with E-state index >= 15 is 0 Å². The van der Waals surface area contributed by atoms with Gasteiger partial charge in [-0.05, 0) is 55.7 Å². The van der Waals surface area contributed by atoms with Crippen molar-refractivity contribution in [1.29, 1.82) is 0 Å². The summed E-state index contributed by atoms with van der Waals surface area (Å²) >= 11 is 0. The Morgan fingerprint density at radius 2 is 1.76 bits per heavy atom. The molecule has 0 aliphatic rings. The first-order valence-electron chi connectivity index (χ1n) is 10.7. The highest BCUT2D eigenvalue weighted by Gasteiger charge is 2.27. The minimum atomic E-state index is -4.04. The van der Waals surface area contributed by atoms with Crippen LogP contribution in [-0.2, 0) is 23.0 Å². The summed E-state index contributed by atoms with van der Waals surface area (Å²) in [6.45, 7) is 3.34. The summed E-state index contributed by atoms with van der Waals surface area (Å²) in [5.74, 6) is -1.92. The molecule has 0 fully saturated rings. The summed E-state index contributed by atoms with van der Waals surface area (Å²) in [6, 6.07) is 18.4. The Bertz CT molecular complexity index is 1460. The van der Waals surface area contributed by atoms with Gasteiger partial charge in [-0.25, -0.2) is 17.6 Å². The Morgan fingerprint density at radius 3 is 2.44 bits per heavy atom. The number of carbonyl (C=O) groups is 1. The van der Waals surface area contributed by atoms with Crippen molar-refractivity contribution in [2.45, 2.75) is 31.7 Å². The van der Waals surface area contributed by atoms with Crippen molar-refractivity contribution < 1.29 is 27.1 Å². The van der Waals surface area contributed by atoms with E-state index in [0.29, 0.717) is 17.4 Å². The maximum absolute atomic E-state index is 14.6. The number of halogens is 1. The van der Waals surface area contributed by atoms with E-state index in [1.54, 1.807) is 26.0 Å². The average molecular weight is 482 g/mol. The first-order valence-corrected chi connectivity index (χ1v) is 12.2. The highest BCUT2D eigenvalue weighted by Crippen LogP contribution is 2.29. The van der Waals surface area contributed by atoms with Crippen LogP contribution in [0.1, 0.15) is 32.8 Å². The standard InChI is InChI=1S/C26H24FNO5S/c1-17-8-9-20(23(27)14-17)16-28(13-12-19-6-4-3-5-7-19)34(31,32)21-10-11-24-22(15-21)18(2)25(33-24)26(29)30/h3-11,14-15H,12-13,16H2,1-2H3,(H,29,30). The number of carboxylic acids is 1. The van der Waals surface area contributed by atoms with Crippen molar-refractivity contribution >= 4 is 27.0 Å². The molecular formula is C26H24FNO5S. The van der Waals surface area contributed by atoms with E-state index in [1.807, 2.05) is 30.3 Å². The van der Waals surface area contributed by atoms with Gasteiger partial charge in [0.05, 0.1) is 4.90 Å². The summed E-state index contributed by atoms with van der Waals surface area (Å²) in [7, 11) is -4.04. The Balaban J connectivity index is 1.73. The number of aromatic carboxylic acids is 1. The number of aryl methyl sites for hydroxylation is 2. The molecule has 176 valence electrons. The van der Waals surface area contributed by atoms with E-state index in [4.69, 9.17) is 4.42 Å². The summed E-state index contributed by atoms with van der Waals surface area (Å²) in [5.41, 5.74) is 2.61. The van der Waals surface area contributed by atoms with Gasteiger partial charge in [-0.3, -0.25) is 0 Å². The van der Waals surface area contributed by atoms with Gasteiger partial charge >= 0.3 is 5.97 Å². The molecule has 4 aromatic rings. The molecule has 0 unspecified atom stereocenters. The fraction of sp³-hybridized carbons (Fsp3) is 0.192. The summed E-state index contributed by atoms with van der Waals surface area (Å²) in [6.07, 6.45) is 0.448. The molecule has 0 aliphatic carbocycles. The third-order valence-corrected chi connectivity index (χ3v) is 7.63. The van der Waals surface area contributed by atoms with Crippen molar-refractivity contribution in [2.75, 3.05) is 6.54 Å². The van der Waals surface area contributed by atoms with Crippen LogP contribution >= 0.6 is 0 Å². The first kappa shape index (κ1) is 23.7. The van der Waals surface area contributed by atoms with Crippen LogP contribution < -0.4 is 0 Å². The normalized spacial score (nSPS) is 11.9. The largest absolute Gasteiger partial charge is 0.475 e. The monoisotopic (exact) mass is 481 g/mol. The number of benzene rings is 3. The van der Waals surface area contributed by atoms with Crippen molar-refractivity contribution in [2.24, 2.45) is 0 Å². The molecule has 34 heavy (non-hydrogen) atoms. The predicted octanol–water partition coefficient (Wildman–Crippen LogP) is 5.32. The van der Waals surface area contributed by atoms with Gasteiger partial charge in [-0.1, -0.05) is 42.5 Å². The molecule has 0 saturated heterocycles. The van der Waals surface area contributed by atoms with Gasteiger partial charge in [-0.15, -0.1) is 0 Å². The van der Waals surface area contributed by atoms with Crippen molar-refractivity contribution in [3.05, 3.63) is 101 Å². The van der Waals surface area contributed by atoms with Crippen LogP contribution in [-0.4, -0.2) is 30.3 Å². The van der Waals surface area contributed by atoms with Crippen LogP contribution in [0.25, 0.3) is 11.0 Å². The molecule has 0 radical (unpaired) electrons. The van der Waals surface area contributed by atoms with Gasteiger partial charge in [0, 0.05) is 29.6 Å². The highest BCUT2D eigenvalue weighted by atomic mass is 32.2. The second-order valence-electron chi connectivity index (χ2n) is 8.19. The third kappa shape index (κ3) is 4.73. The quantitative estimate of drug-likeness (QED) is 0.368. The van der Waals surface area contributed by atoms with Crippen LogP contribution in [0, 0.1) is 19.7 Å². The minimum absolute atomic E-state index is 0.0126. The van der Waals surface area contributed by atoms with Crippen molar-refractivity contribution in [3.8, 4) is 0 Å². The molecule has 8 heteroatoms. The number of furan rings is 1. The van der Waals surface area contributed by atoms with E-state index in [1.165, 1.54) is 28.6 Å². The lowest BCUT2D eigenvalue weighted by atomic mass is 10.1. The van der Waals surface area contributed by atoms with Gasteiger partial charge in [0.25, 0.3) is 0 Å². The molecule has 3 aromatic carbocycles. The molecule has 6 nitrogen and oxygen atoms in total. The molecule has 0 atom stereocenters. The van der Waals surface area contributed by atoms with Crippen LogP contribution in [0.2, 0.25) is 0 Å². The number of sulfonamides is 1. The van der Waals surface area contributed by atoms with E-state index in [9.17, 15) is 22.7 Å². The molecule has 0 bridgehead atoms. The van der Waals surface area contributed by atoms with Gasteiger partial charge in [0.15, 0.2) is 0 Å². The van der Waals surface area contributed by atoms with E-state index in [-0.39, 0.29) is 34.9 Å². The van der Waals surface area contributed by atoms with Crippen LogP contribution in [0.5, 0.6) is 0 Å². The fourth-order valence-corrected chi connectivity index (χ4v) is 5.31. The topological polar surface area (TPSA) is 87.8 Å². The Kier molecular flexibility index (Phi) is 6.54. The predicted molar refractivity (Wildman–Crippen MR) is 127 cm³/mol. The number of fused-ring (bicyclic) bond motifs is 1. The molecule has 4 rings (SSSR count). The molecular weight excluding hydrogens is 457 g/mol. The van der Waals surface area contributed by atoms with E-state index < -0.39 is 21.8 Å². The SMILES string of the molecule is Cc1ccc(CN(CCc2ccccc2)S(=O)(=O)c2ccc3oc(C(=O)O)c(C)c3c2)c(F)c1. The zero-order chi connectivity index (χ0) is 24.5. The minimum Gasteiger partial charge on any atom is -0.475 e. The number of carboxylic acid groups (broad SMARTS) is 1. The fourth-order valence-electron chi connectivity index (χ4n) is 3.87. The Labute approximate surface area is 197 Å². The first-order chi connectivity index (χ1) is 16.2. The van der Waals surface area contributed by atoms with Crippen molar-refractivity contribution in [3.63, 3.8) is 0 Å². The average Bonchev–Trinajstić information content (AvgIpc) is 3.14. The molecule has 0 spiro atoms. The summed E-state index contributed by atoms with van der Waals surface area (Å²) < 4.78 is 48.6. The zero-order valence-corrected chi connectivity index (χ0v) is 19.6. The van der Waals surface area contributed by atoms with Crippen LogP contribution in [0.3, 0.4) is 0 Å². The number of nitrogens with zero attached hydrogens (tertiary/aromatic N) is 1. The summed E-state index contributed by atoms with van der Waals surface area (Å²) in [4.78, 5) is 11.4. The lowest BCUT2D eigenvalue weighted by Crippen LogP contribution is -2.33. The van der Waals surface area contributed by atoms with Crippen LogP contribution in [0.15, 0.2) is 76.0 Å². The van der Waals surface area contributed by atoms with Crippen molar-refractivity contribution in [1.82, 2.24) is 4.31 Å². The van der Waals surface area contributed by atoms with Gasteiger partial charge < -0.3 is 9.52 Å². The Morgan fingerprint density at radius 1 is 1.03 bits per heavy atom. The second kappa shape index (κ2) is 9.40. The number of rotatable bonds is 8. The molecule has 0 saturated carbocycles. The van der Waals surface area contributed by atoms with E-state index in [0.717, 1.165) is 11.1 Å². The Hall–Kier alpha value is -3.49. The summed E-state index contributed by atoms with van der Waals surface area (Å²) in [5, 5.41) is 9.72. The molecule has 1 aromatic heterocycles. The molecule has 1 N–H and O–H groups in total. The molecule has 0 amide bonds. The number of hydrogen-bond acceptors (Lipinski definition) is 4.